The minimum Gasteiger partial charge on any atom is -0.482 e. The van der Waals surface area contributed by atoms with Crippen molar-refractivity contribution in [2.75, 3.05) is 0 Å². The number of benzene rings is 2. The summed E-state index contributed by atoms with van der Waals surface area (Å²) in [6.45, 7) is 1.19. The highest BCUT2D eigenvalue weighted by atomic mass is 16.6. The largest absolute Gasteiger partial charge is 0.482 e. The van der Waals surface area contributed by atoms with Crippen molar-refractivity contribution in [1.29, 1.82) is 0 Å². The molecule has 2 rings (SSSR count). The summed E-state index contributed by atoms with van der Waals surface area (Å²) in [5.41, 5.74) is -0.834. The van der Waals surface area contributed by atoms with Crippen molar-refractivity contribution >= 4 is 17.4 Å². The molecule has 0 aliphatic heterocycles. The Kier molecular flexibility index (Phi) is 4.70. The predicted molar refractivity (Wildman–Crippen MR) is 80.8 cm³/mol. The normalized spacial score (nSPS) is 10.1. The minimum absolute atomic E-state index is 0.0418. The average molecular weight is 315 g/mol. The quantitative estimate of drug-likeness (QED) is 0.498. The molecule has 0 saturated carbocycles. The summed E-state index contributed by atoms with van der Waals surface area (Å²) >= 11 is 0. The summed E-state index contributed by atoms with van der Waals surface area (Å²) in [6, 6.07) is 11.4. The van der Waals surface area contributed by atoms with Gasteiger partial charge in [0.25, 0.3) is 0 Å². The lowest BCUT2D eigenvalue weighted by atomic mass is 10.0. The van der Waals surface area contributed by atoms with Crippen molar-refractivity contribution in [2.24, 2.45) is 0 Å². The molecule has 0 aliphatic carbocycles. The Morgan fingerprint density at radius 2 is 1.83 bits per heavy atom. The number of Topliss-reactive ketones (excluding diaryl/α,β-unsaturated/α-hetero) is 1. The SMILES string of the molecule is CC(=O)c1ccc(OCc2ccccc2)c([N+](=O)[O-])c1C(=O)O. The molecule has 0 saturated heterocycles. The number of hydrogen-bond donors (Lipinski definition) is 1. The van der Waals surface area contributed by atoms with E-state index in [9.17, 15) is 24.8 Å². The van der Waals surface area contributed by atoms with E-state index in [1.54, 1.807) is 24.3 Å². The van der Waals surface area contributed by atoms with Gasteiger partial charge in [-0.15, -0.1) is 0 Å². The molecule has 2 aromatic rings. The number of nitro groups is 1. The van der Waals surface area contributed by atoms with Crippen LogP contribution in [0.2, 0.25) is 0 Å². The average Bonchev–Trinajstić information content (AvgIpc) is 2.52. The lowest BCUT2D eigenvalue weighted by molar-refractivity contribution is -0.386. The molecule has 23 heavy (non-hydrogen) atoms. The third kappa shape index (κ3) is 3.52. The van der Waals surface area contributed by atoms with E-state index in [0.29, 0.717) is 0 Å². The summed E-state index contributed by atoms with van der Waals surface area (Å²) < 4.78 is 5.39. The van der Waals surface area contributed by atoms with Crippen molar-refractivity contribution in [2.45, 2.75) is 13.5 Å². The number of carbonyl (C=O) groups excluding carboxylic acids is 1. The van der Waals surface area contributed by atoms with Gasteiger partial charge in [-0.3, -0.25) is 14.9 Å². The van der Waals surface area contributed by atoms with E-state index >= 15 is 0 Å². The Labute approximate surface area is 131 Å². The smallest absolute Gasteiger partial charge is 0.343 e. The van der Waals surface area contributed by atoms with Crippen LogP contribution in [-0.4, -0.2) is 21.8 Å². The second kappa shape index (κ2) is 6.69. The molecule has 0 spiro atoms. The van der Waals surface area contributed by atoms with Gasteiger partial charge < -0.3 is 9.84 Å². The summed E-state index contributed by atoms with van der Waals surface area (Å²) in [4.78, 5) is 33.3. The zero-order valence-electron chi connectivity index (χ0n) is 12.2. The maximum absolute atomic E-state index is 11.5. The maximum Gasteiger partial charge on any atom is 0.343 e. The number of rotatable bonds is 6. The van der Waals surface area contributed by atoms with E-state index < -0.39 is 27.9 Å². The highest BCUT2D eigenvalue weighted by molar-refractivity contribution is 6.08. The molecule has 0 unspecified atom stereocenters. The van der Waals surface area contributed by atoms with Crippen LogP contribution >= 0.6 is 0 Å². The van der Waals surface area contributed by atoms with E-state index in [-0.39, 0.29) is 17.9 Å². The first-order valence-corrected chi connectivity index (χ1v) is 6.64. The Morgan fingerprint density at radius 3 is 2.35 bits per heavy atom. The minimum atomic E-state index is -1.55. The van der Waals surface area contributed by atoms with Gasteiger partial charge in [0.1, 0.15) is 6.61 Å². The van der Waals surface area contributed by atoms with Crippen molar-refractivity contribution in [3.05, 3.63) is 69.3 Å². The van der Waals surface area contributed by atoms with Gasteiger partial charge in [0.05, 0.1) is 4.92 Å². The fraction of sp³-hybridized carbons (Fsp3) is 0.125. The van der Waals surface area contributed by atoms with E-state index in [1.807, 2.05) is 6.07 Å². The van der Waals surface area contributed by atoms with E-state index in [4.69, 9.17) is 4.74 Å². The molecule has 0 radical (unpaired) electrons. The Bertz CT molecular complexity index is 770. The molecule has 118 valence electrons. The molecule has 0 bridgehead atoms. The van der Waals surface area contributed by atoms with Crippen LogP contribution in [0.25, 0.3) is 0 Å². The predicted octanol–water partition coefficient (Wildman–Crippen LogP) is 3.07. The Morgan fingerprint density at radius 1 is 1.17 bits per heavy atom. The molecular formula is C16H13NO6. The molecule has 0 atom stereocenters. The zero-order valence-corrected chi connectivity index (χ0v) is 12.2. The monoisotopic (exact) mass is 315 g/mol. The van der Waals surface area contributed by atoms with Gasteiger partial charge in [0.15, 0.2) is 17.1 Å². The standard InChI is InChI=1S/C16H13NO6/c1-10(18)12-7-8-13(15(17(21)22)14(12)16(19)20)23-9-11-5-3-2-4-6-11/h2-8H,9H2,1H3,(H,19,20). The van der Waals surface area contributed by atoms with Gasteiger partial charge in [0, 0.05) is 5.56 Å². The van der Waals surface area contributed by atoms with Crippen molar-refractivity contribution in [3.8, 4) is 5.75 Å². The van der Waals surface area contributed by atoms with Crippen LogP contribution in [0.1, 0.15) is 33.2 Å². The van der Waals surface area contributed by atoms with Gasteiger partial charge in [-0.1, -0.05) is 30.3 Å². The fourth-order valence-corrected chi connectivity index (χ4v) is 2.11. The second-order valence-electron chi connectivity index (χ2n) is 4.73. The molecule has 0 aliphatic rings. The van der Waals surface area contributed by atoms with Gasteiger partial charge in [-0.2, -0.15) is 0 Å². The molecule has 7 heteroatoms. The molecule has 7 nitrogen and oxygen atoms in total. The summed E-state index contributed by atoms with van der Waals surface area (Å²) in [6.07, 6.45) is 0. The first-order valence-electron chi connectivity index (χ1n) is 6.64. The van der Waals surface area contributed by atoms with Crippen LogP contribution < -0.4 is 4.74 Å². The number of nitro benzene ring substituents is 1. The zero-order chi connectivity index (χ0) is 17.0. The number of carboxylic acid groups (broad SMARTS) is 1. The number of hydrogen-bond acceptors (Lipinski definition) is 5. The van der Waals surface area contributed by atoms with Crippen LogP contribution in [0.15, 0.2) is 42.5 Å². The molecule has 0 aromatic heterocycles. The highest BCUT2D eigenvalue weighted by Gasteiger charge is 2.30. The van der Waals surface area contributed by atoms with Gasteiger partial charge in [-0.05, 0) is 24.6 Å². The summed E-state index contributed by atoms with van der Waals surface area (Å²) in [7, 11) is 0. The van der Waals surface area contributed by atoms with Crippen molar-refractivity contribution < 1.29 is 24.4 Å². The van der Waals surface area contributed by atoms with E-state index in [1.165, 1.54) is 12.1 Å². The molecule has 0 amide bonds. The fourth-order valence-electron chi connectivity index (χ4n) is 2.11. The number of nitrogens with zero attached hydrogens (tertiary/aromatic N) is 1. The van der Waals surface area contributed by atoms with Crippen LogP contribution in [0.3, 0.4) is 0 Å². The van der Waals surface area contributed by atoms with Crippen molar-refractivity contribution in [1.82, 2.24) is 0 Å². The van der Waals surface area contributed by atoms with Gasteiger partial charge in [0.2, 0.25) is 0 Å². The lowest BCUT2D eigenvalue weighted by Crippen LogP contribution is -2.11. The molecular weight excluding hydrogens is 302 g/mol. The van der Waals surface area contributed by atoms with E-state index in [0.717, 1.165) is 12.5 Å². The van der Waals surface area contributed by atoms with Crippen LogP contribution in [0.5, 0.6) is 5.75 Å². The van der Waals surface area contributed by atoms with E-state index in [2.05, 4.69) is 0 Å². The number of carbonyl (C=O) groups is 2. The number of ketones is 1. The maximum atomic E-state index is 11.5. The van der Waals surface area contributed by atoms with Crippen molar-refractivity contribution in [3.63, 3.8) is 0 Å². The van der Waals surface area contributed by atoms with Crippen LogP contribution in [-0.2, 0) is 6.61 Å². The summed E-state index contributed by atoms with van der Waals surface area (Å²) in [5, 5.41) is 20.5. The molecule has 2 aromatic carbocycles. The third-order valence-electron chi connectivity index (χ3n) is 3.15. The van der Waals surface area contributed by atoms with Gasteiger partial charge >= 0.3 is 11.7 Å². The topological polar surface area (TPSA) is 107 Å². The van der Waals surface area contributed by atoms with Crippen LogP contribution in [0, 0.1) is 10.1 Å². The molecule has 1 N–H and O–H groups in total. The number of carboxylic acids is 1. The Hall–Kier alpha value is -3.22. The molecule has 0 heterocycles. The first-order chi connectivity index (χ1) is 10.9. The van der Waals surface area contributed by atoms with Gasteiger partial charge in [-0.25, -0.2) is 4.79 Å². The first kappa shape index (κ1) is 16.2. The second-order valence-corrected chi connectivity index (χ2v) is 4.73. The summed E-state index contributed by atoms with van der Waals surface area (Å²) in [5.74, 6) is -2.31. The Balaban J connectivity index is 2.47. The molecule has 0 fully saturated rings. The highest BCUT2D eigenvalue weighted by Crippen LogP contribution is 2.34. The number of ether oxygens (including phenoxy) is 1. The number of aromatic carboxylic acids is 1. The third-order valence-corrected chi connectivity index (χ3v) is 3.15. The lowest BCUT2D eigenvalue weighted by Gasteiger charge is -2.10. The van der Waals surface area contributed by atoms with Crippen LogP contribution in [0.4, 0.5) is 5.69 Å².